The van der Waals surface area contributed by atoms with Crippen molar-refractivity contribution < 1.29 is 14.6 Å². The Hall–Kier alpha value is -0.610. The molecule has 1 saturated heterocycles. The van der Waals surface area contributed by atoms with Crippen LogP contribution in [0.3, 0.4) is 0 Å². The van der Waals surface area contributed by atoms with Gasteiger partial charge in [0, 0.05) is 5.54 Å². The van der Waals surface area contributed by atoms with Crippen LogP contribution in [0.15, 0.2) is 0 Å². The minimum Gasteiger partial charge on any atom is -0.481 e. The lowest BCUT2D eigenvalue weighted by Crippen LogP contribution is -2.42. The molecule has 1 aliphatic heterocycles. The number of carbonyl (C=O) groups is 1. The zero-order valence-electron chi connectivity index (χ0n) is 8.17. The largest absolute Gasteiger partial charge is 0.481 e. The SMILES string of the molecule is CC1(C)NCCC1OCCC(=O)O. The highest BCUT2D eigenvalue weighted by atomic mass is 16.5. The maximum Gasteiger partial charge on any atom is 0.305 e. The van der Waals surface area contributed by atoms with Gasteiger partial charge in [0.1, 0.15) is 0 Å². The molecular formula is C9H17NO3. The van der Waals surface area contributed by atoms with Gasteiger partial charge < -0.3 is 15.2 Å². The van der Waals surface area contributed by atoms with Crippen LogP contribution in [0.5, 0.6) is 0 Å². The van der Waals surface area contributed by atoms with Gasteiger partial charge in [0.15, 0.2) is 0 Å². The van der Waals surface area contributed by atoms with Crippen molar-refractivity contribution in [1.29, 1.82) is 0 Å². The van der Waals surface area contributed by atoms with Gasteiger partial charge in [0.2, 0.25) is 0 Å². The van der Waals surface area contributed by atoms with Crippen molar-refractivity contribution >= 4 is 5.97 Å². The Morgan fingerprint density at radius 1 is 1.69 bits per heavy atom. The Morgan fingerprint density at radius 3 is 2.85 bits per heavy atom. The van der Waals surface area contributed by atoms with Gasteiger partial charge in [0.25, 0.3) is 0 Å². The summed E-state index contributed by atoms with van der Waals surface area (Å²) in [4.78, 5) is 10.2. The Morgan fingerprint density at radius 2 is 2.38 bits per heavy atom. The van der Waals surface area contributed by atoms with E-state index in [9.17, 15) is 4.79 Å². The zero-order chi connectivity index (χ0) is 9.90. The molecule has 1 aliphatic rings. The van der Waals surface area contributed by atoms with Crippen molar-refractivity contribution in [1.82, 2.24) is 5.32 Å². The summed E-state index contributed by atoms with van der Waals surface area (Å²) >= 11 is 0. The van der Waals surface area contributed by atoms with E-state index in [-0.39, 0.29) is 18.1 Å². The maximum absolute atomic E-state index is 10.2. The first kappa shape index (κ1) is 10.5. The van der Waals surface area contributed by atoms with Crippen molar-refractivity contribution in [3.63, 3.8) is 0 Å². The molecule has 0 aliphatic carbocycles. The van der Waals surface area contributed by atoms with Crippen LogP contribution in [-0.4, -0.2) is 35.9 Å². The maximum atomic E-state index is 10.2. The second kappa shape index (κ2) is 4.07. The number of hydrogen-bond acceptors (Lipinski definition) is 3. The third-order valence-electron chi connectivity index (χ3n) is 2.43. The molecule has 1 unspecified atom stereocenters. The van der Waals surface area contributed by atoms with Crippen LogP contribution in [0.4, 0.5) is 0 Å². The summed E-state index contributed by atoms with van der Waals surface area (Å²) < 4.78 is 5.49. The van der Waals surface area contributed by atoms with Crippen LogP contribution >= 0.6 is 0 Å². The van der Waals surface area contributed by atoms with E-state index < -0.39 is 5.97 Å². The molecule has 1 rings (SSSR count). The fourth-order valence-corrected chi connectivity index (χ4v) is 1.58. The molecule has 76 valence electrons. The predicted molar refractivity (Wildman–Crippen MR) is 48.7 cm³/mol. The van der Waals surface area contributed by atoms with Gasteiger partial charge in [-0.25, -0.2) is 0 Å². The molecule has 4 heteroatoms. The Labute approximate surface area is 78.3 Å². The molecule has 13 heavy (non-hydrogen) atoms. The van der Waals surface area contributed by atoms with E-state index in [0.29, 0.717) is 6.61 Å². The summed E-state index contributed by atoms with van der Waals surface area (Å²) in [5, 5.41) is 11.7. The van der Waals surface area contributed by atoms with Gasteiger partial charge in [-0.1, -0.05) is 0 Å². The minimum absolute atomic E-state index is 0.0154. The first-order valence-corrected chi connectivity index (χ1v) is 4.61. The molecule has 1 atom stereocenters. The number of carboxylic acids is 1. The molecule has 0 spiro atoms. The van der Waals surface area contributed by atoms with E-state index in [2.05, 4.69) is 19.2 Å². The van der Waals surface area contributed by atoms with E-state index in [1.165, 1.54) is 0 Å². The van der Waals surface area contributed by atoms with Crippen LogP contribution in [0, 0.1) is 0 Å². The van der Waals surface area contributed by atoms with Crippen LogP contribution in [-0.2, 0) is 9.53 Å². The summed E-state index contributed by atoms with van der Waals surface area (Å²) in [5.41, 5.74) is -0.0154. The fraction of sp³-hybridized carbons (Fsp3) is 0.889. The molecule has 0 aromatic rings. The van der Waals surface area contributed by atoms with Crippen molar-refractivity contribution in [3.8, 4) is 0 Å². The standard InChI is InChI=1S/C9H17NO3/c1-9(2)7(3-5-10-9)13-6-4-8(11)12/h7,10H,3-6H2,1-2H3,(H,11,12). The first-order chi connectivity index (χ1) is 6.02. The van der Waals surface area contributed by atoms with Gasteiger partial charge in [-0.2, -0.15) is 0 Å². The third kappa shape index (κ3) is 2.97. The highest BCUT2D eigenvalue weighted by molar-refractivity contribution is 5.66. The molecule has 0 aromatic carbocycles. The topological polar surface area (TPSA) is 58.6 Å². The molecule has 0 radical (unpaired) electrons. The lowest BCUT2D eigenvalue weighted by atomic mass is 10.00. The van der Waals surface area contributed by atoms with E-state index >= 15 is 0 Å². The van der Waals surface area contributed by atoms with Crippen molar-refractivity contribution in [2.24, 2.45) is 0 Å². The van der Waals surface area contributed by atoms with E-state index in [1.54, 1.807) is 0 Å². The Bertz CT molecular complexity index is 191. The highest BCUT2D eigenvalue weighted by Crippen LogP contribution is 2.21. The Kier molecular flexibility index (Phi) is 3.27. The van der Waals surface area contributed by atoms with Gasteiger partial charge in [-0.05, 0) is 26.8 Å². The number of rotatable bonds is 4. The van der Waals surface area contributed by atoms with Gasteiger partial charge in [-0.3, -0.25) is 4.79 Å². The monoisotopic (exact) mass is 187 g/mol. The average Bonchev–Trinajstić information content (AvgIpc) is 2.30. The summed E-state index contributed by atoms with van der Waals surface area (Å²) in [7, 11) is 0. The molecule has 4 nitrogen and oxygen atoms in total. The summed E-state index contributed by atoms with van der Waals surface area (Å²) in [5.74, 6) is -0.802. The van der Waals surface area contributed by atoms with Crippen LogP contribution < -0.4 is 5.32 Å². The molecular weight excluding hydrogens is 170 g/mol. The lowest BCUT2D eigenvalue weighted by Gasteiger charge is -2.26. The van der Waals surface area contributed by atoms with Crippen molar-refractivity contribution in [3.05, 3.63) is 0 Å². The fourth-order valence-electron chi connectivity index (χ4n) is 1.58. The Balaban J connectivity index is 2.25. The molecule has 0 bridgehead atoms. The quantitative estimate of drug-likeness (QED) is 0.677. The van der Waals surface area contributed by atoms with Gasteiger partial charge in [0.05, 0.1) is 19.1 Å². The summed E-state index contributed by atoms with van der Waals surface area (Å²) in [6.45, 7) is 5.41. The third-order valence-corrected chi connectivity index (χ3v) is 2.43. The molecule has 1 heterocycles. The minimum atomic E-state index is -0.802. The van der Waals surface area contributed by atoms with E-state index in [1.807, 2.05) is 0 Å². The number of nitrogens with one attached hydrogen (secondary N) is 1. The lowest BCUT2D eigenvalue weighted by molar-refractivity contribution is -0.138. The van der Waals surface area contributed by atoms with E-state index in [4.69, 9.17) is 9.84 Å². The van der Waals surface area contributed by atoms with Crippen LogP contribution in [0.2, 0.25) is 0 Å². The van der Waals surface area contributed by atoms with Crippen LogP contribution in [0.25, 0.3) is 0 Å². The van der Waals surface area contributed by atoms with E-state index in [0.717, 1.165) is 13.0 Å². The molecule has 2 N–H and O–H groups in total. The molecule has 0 aromatic heterocycles. The number of carboxylic acid groups (broad SMARTS) is 1. The smallest absolute Gasteiger partial charge is 0.305 e. The second-order valence-corrected chi connectivity index (χ2v) is 3.94. The summed E-state index contributed by atoms with van der Waals surface area (Å²) in [6.07, 6.45) is 1.20. The normalized spacial score (nSPS) is 26.2. The summed E-state index contributed by atoms with van der Waals surface area (Å²) in [6, 6.07) is 0. The first-order valence-electron chi connectivity index (χ1n) is 4.61. The number of aliphatic carboxylic acids is 1. The second-order valence-electron chi connectivity index (χ2n) is 3.94. The molecule has 1 fully saturated rings. The molecule has 0 saturated carbocycles. The van der Waals surface area contributed by atoms with Crippen molar-refractivity contribution in [2.45, 2.75) is 38.3 Å². The highest BCUT2D eigenvalue weighted by Gasteiger charge is 2.34. The predicted octanol–water partition coefficient (Wildman–Crippen LogP) is 0.618. The van der Waals surface area contributed by atoms with Crippen LogP contribution in [0.1, 0.15) is 26.7 Å². The average molecular weight is 187 g/mol. The van der Waals surface area contributed by atoms with Crippen molar-refractivity contribution in [2.75, 3.05) is 13.2 Å². The number of hydrogen-bond donors (Lipinski definition) is 2. The van der Waals surface area contributed by atoms with Gasteiger partial charge in [-0.15, -0.1) is 0 Å². The zero-order valence-corrected chi connectivity index (χ0v) is 8.17. The number of ether oxygens (including phenoxy) is 1. The van der Waals surface area contributed by atoms with Gasteiger partial charge >= 0.3 is 5.97 Å². The molecule has 0 amide bonds.